The van der Waals surface area contributed by atoms with Gasteiger partial charge in [0.2, 0.25) is 0 Å². The second-order valence-corrected chi connectivity index (χ2v) is 3.31. The Balaban J connectivity index is 2.69. The Morgan fingerprint density at radius 1 is 1.31 bits per heavy atom. The van der Waals surface area contributed by atoms with Crippen molar-refractivity contribution in [3.05, 3.63) is 41.5 Å². The molecule has 2 N–H and O–H groups in total. The van der Waals surface area contributed by atoms with E-state index in [-0.39, 0.29) is 6.04 Å². The van der Waals surface area contributed by atoms with Gasteiger partial charge in [-0.25, -0.2) is 0 Å². The van der Waals surface area contributed by atoms with E-state index in [1.165, 1.54) is 11.1 Å². The van der Waals surface area contributed by atoms with E-state index in [2.05, 4.69) is 37.3 Å². The molecule has 1 aromatic carbocycles. The Morgan fingerprint density at radius 2 is 1.92 bits per heavy atom. The highest BCUT2D eigenvalue weighted by molar-refractivity contribution is 5.50. The molecule has 1 heteroatoms. The summed E-state index contributed by atoms with van der Waals surface area (Å²) in [6.07, 6.45) is 5.16. The fraction of sp³-hybridized carbons (Fsp3) is 0.333. The van der Waals surface area contributed by atoms with Gasteiger partial charge in [0.25, 0.3) is 0 Å². The van der Waals surface area contributed by atoms with Crippen LogP contribution in [0.2, 0.25) is 0 Å². The fourth-order valence-corrected chi connectivity index (χ4v) is 1.13. The van der Waals surface area contributed by atoms with Crippen molar-refractivity contribution in [2.45, 2.75) is 26.3 Å². The molecule has 1 nitrogen and oxygen atoms in total. The molecule has 1 unspecified atom stereocenters. The minimum atomic E-state index is 0.130. The van der Waals surface area contributed by atoms with Crippen LogP contribution < -0.4 is 5.73 Å². The van der Waals surface area contributed by atoms with Crippen LogP contribution >= 0.6 is 0 Å². The average molecular weight is 175 g/mol. The van der Waals surface area contributed by atoms with E-state index >= 15 is 0 Å². The average Bonchev–Trinajstić information content (AvgIpc) is 2.15. The van der Waals surface area contributed by atoms with Crippen molar-refractivity contribution in [1.82, 2.24) is 0 Å². The molecule has 0 fully saturated rings. The van der Waals surface area contributed by atoms with Crippen molar-refractivity contribution >= 4 is 6.08 Å². The summed E-state index contributed by atoms with van der Waals surface area (Å²) >= 11 is 0. The molecule has 0 heterocycles. The smallest absolute Gasteiger partial charge is 0.0198 e. The van der Waals surface area contributed by atoms with Gasteiger partial charge in [-0.3, -0.25) is 0 Å². The van der Waals surface area contributed by atoms with Gasteiger partial charge in [-0.2, -0.15) is 0 Å². The van der Waals surface area contributed by atoms with E-state index in [0.717, 1.165) is 6.42 Å². The van der Waals surface area contributed by atoms with E-state index in [9.17, 15) is 0 Å². The molecule has 0 saturated carbocycles. The van der Waals surface area contributed by atoms with Crippen LogP contribution in [0.25, 0.3) is 6.08 Å². The molecule has 0 aliphatic rings. The Kier molecular flexibility index (Phi) is 3.71. The largest absolute Gasteiger partial charge is 0.325 e. The van der Waals surface area contributed by atoms with E-state index in [1.54, 1.807) is 0 Å². The fourth-order valence-electron chi connectivity index (χ4n) is 1.13. The summed E-state index contributed by atoms with van der Waals surface area (Å²) in [4.78, 5) is 0. The number of benzene rings is 1. The summed E-state index contributed by atoms with van der Waals surface area (Å²) in [6, 6.07) is 8.68. The molecular formula is C12H17N. The molecule has 0 saturated heterocycles. The topological polar surface area (TPSA) is 26.0 Å². The summed E-state index contributed by atoms with van der Waals surface area (Å²) in [6.45, 7) is 4.13. The normalized spacial score (nSPS) is 13.5. The first-order valence-electron chi connectivity index (χ1n) is 4.75. The van der Waals surface area contributed by atoms with Crippen LogP contribution in [0.3, 0.4) is 0 Å². The molecule has 0 amide bonds. The molecule has 1 aromatic rings. The van der Waals surface area contributed by atoms with Crippen LogP contribution in [0.15, 0.2) is 30.3 Å². The highest BCUT2D eigenvalue weighted by atomic mass is 14.6. The minimum absolute atomic E-state index is 0.130. The second kappa shape index (κ2) is 4.83. The molecule has 0 aliphatic heterocycles. The first-order valence-corrected chi connectivity index (χ1v) is 4.75. The molecule has 0 spiro atoms. The van der Waals surface area contributed by atoms with E-state index in [1.807, 2.05) is 13.0 Å². The molecule has 0 bridgehead atoms. The third-order valence-electron chi connectivity index (χ3n) is 1.98. The third kappa shape index (κ3) is 3.43. The Hall–Kier alpha value is -1.08. The summed E-state index contributed by atoms with van der Waals surface area (Å²) < 4.78 is 0. The Labute approximate surface area is 80.3 Å². The highest BCUT2D eigenvalue weighted by Crippen LogP contribution is 2.06. The number of hydrogen-bond donors (Lipinski definition) is 1. The maximum atomic E-state index is 5.61. The highest BCUT2D eigenvalue weighted by Gasteiger charge is 1.89. The van der Waals surface area contributed by atoms with E-state index < -0.39 is 0 Å². The van der Waals surface area contributed by atoms with Crippen LogP contribution in [0.4, 0.5) is 0 Å². The molecule has 0 radical (unpaired) electrons. The first-order chi connectivity index (χ1) is 6.22. The van der Waals surface area contributed by atoms with Gasteiger partial charge in [-0.1, -0.05) is 43.3 Å². The predicted octanol–water partition coefficient (Wildman–Crippen LogP) is 2.61. The molecule has 1 rings (SSSR count). The van der Waals surface area contributed by atoms with Gasteiger partial charge < -0.3 is 5.73 Å². The molecule has 0 aromatic heterocycles. The quantitative estimate of drug-likeness (QED) is 0.750. The van der Waals surface area contributed by atoms with Gasteiger partial charge in [0, 0.05) is 6.04 Å². The maximum absolute atomic E-state index is 5.61. The van der Waals surface area contributed by atoms with Crippen molar-refractivity contribution in [1.29, 1.82) is 0 Å². The van der Waals surface area contributed by atoms with Crippen LogP contribution in [-0.2, 0) is 6.42 Å². The lowest BCUT2D eigenvalue weighted by Crippen LogP contribution is -2.09. The van der Waals surface area contributed by atoms with Crippen molar-refractivity contribution < 1.29 is 0 Å². The minimum Gasteiger partial charge on any atom is -0.325 e. The number of hydrogen-bond acceptors (Lipinski definition) is 1. The monoisotopic (exact) mass is 175 g/mol. The lowest BCUT2D eigenvalue weighted by atomic mass is 10.1. The zero-order valence-electron chi connectivity index (χ0n) is 8.33. The van der Waals surface area contributed by atoms with Gasteiger partial charge in [0.1, 0.15) is 0 Å². The van der Waals surface area contributed by atoms with Gasteiger partial charge in [0.05, 0.1) is 0 Å². The van der Waals surface area contributed by atoms with E-state index in [4.69, 9.17) is 5.73 Å². The lowest BCUT2D eigenvalue weighted by Gasteiger charge is -1.98. The summed E-state index contributed by atoms with van der Waals surface area (Å²) in [5.74, 6) is 0. The van der Waals surface area contributed by atoms with Gasteiger partial charge in [0.15, 0.2) is 0 Å². The van der Waals surface area contributed by atoms with Gasteiger partial charge >= 0.3 is 0 Å². The molecular weight excluding hydrogens is 158 g/mol. The van der Waals surface area contributed by atoms with Crippen molar-refractivity contribution in [2.24, 2.45) is 5.73 Å². The van der Waals surface area contributed by atoms with Crippen molar-refractivity contribution in [3.8, 4) is 0 Å². The van der Waals surface area contributed by atoms with Crippen LogP contribution in [-0.4, -0.2) is 6.04 Å². The second-order valence-electron chi connectivity index (χ2n) is 3.31. The SMILES string of the molecule is CCc1ccc(/C=C/C(C)N)cc1. The summed E-state index contributed by atoms with van der Waals surface area (Å²) in [5.41, 5.74) is 8.20. The van der Waals surface area contributed by atoms with Crippen molar-refractivity contribution in [2.75, 3.05) is 0 Å². The lowest BCUT2D eigenvalue weighted by molar-refractivity contribution is 0.931. The Morgan fingerprint density at radius 3 is 2.38 bits per heavy atom. The number of rotatable bonds is 3. The van der Waals surface area contributed by atoms with Crippen LogP contribution in [0.1, 0.15) is 25.0 Å². The van der Waals surface area contributed by atoms with Crippen molar-refractivity contribution in [3.63, 3.8) is 0 Å². The maximum Gasteiger partial charge on any atom is 0.0198 e. The van der Waals surface area contributed by atoms with Crippen LogP contribution in [0.5, 0.6) is 0 Å². The Bertz CT molecular complexity index is 270. The standard InChI is InChI=1S/C12H17N/c1-3-11-6-8-12(9-7-11)5-4-10(2)13/h4-10H,3,13H2,1-2H3/b5-4+. The summed E-state index contributed by atoms with van der Waals surface area (Å²) in [5, 5.41) is 0. The zero-order chi connectivity index (χ0) is 9.68. The molecule has 0 aliphatic carbocycles. The van der Waals surface area contributed by atoms with E-state index in [0.29, 0.717) is 0 Å². The third-order valence-corrected chi connectivity index (χ3v) is 1.98. The zero-order valence-corrected chi connectivity index (χ0v) is 8.33. The van der Waals surface area contributed by atoms with Gasteiger partial charge in [-0.15, -0.1) is 0 Å². The molecule has 1 atom stereocenters. The number of aryl methyl sites for hydroxylation is 1. The molecule has 70 valence electrons. The first kappa shape index (κ1) is 10.0. The number of nitrogens with two attached hydrogens (primary N) is 1. The van der Waals surface area contributed by atoms with Gasteiger partial charge in [-0.05, 0) is 24.5 Å². The molecule has 13 heavy (non-hydrogen) atoms. The van der Waals surface area contributed by atoms with Crippen LogP contribution in [0, 0.1) is 0 Å². The predicted molar refractivity (Wildman–Crippen MR) is 58.5 cm³/mol. The summed E-state index contributed by atoms with van der Waals surface area (Å²) in [7, 11) is 0.